The van der Waals surface area contributed by atoms with Crippen molar-refractivity contribution in [3.63, 3.8) is 0 Å². The summed E-state index contributed by atoms with van der Waals surface area (Å²) in [6.45, 7) is 7.67. The van der Waals surface area contributed by atoms with E-state index in [4.69, 9.17) is 11.3 Å². The van der Waals surface area contributed by atoms with E-state index in [9.17, 15) is 5.26 Å². The van der Waals surface area contributed by atoms with Gasteiger partial charge in [-0.1, -0.05) is 84.9 Å². The first kappa shape index (κ1) is 24.7. The number of nitrogens with zero attached hydrogens (tertiary/aromatic N) is 3. The van der Waals surface area contributed by atoms with E-state index in [-0.39, 0.29) is 5.70 Å². The van der Waals surface area contributed by atoms with Gasteiger partial charge in [-0.05, 0) is 76.2 Å². The van der Waals surface area contributed by atoms with Crippen LogP contribution in [0, 0.1) is 17.9 Å². The van der Waals surface area contributed by atoms with Crippen molar-refractivity contribution >= 4 is 44.7 Å². The smallest absolute Gasteiger partial charge is 0.265 e. The number of anilines is 3. The monoisotopic (exact) mass is 515 g/mol. The van der Waals surface area contributed by atoms with E-state index < -0.39 is 0 Å². The molecule has 0 amide bonds. The van der Waals surface area contributed by atoms with Gasteiger partial charge in [0.05, 0.1) is 24.9 Å². The Morgan fingerprint density at radius 2 is 1.52 bits per heavy atom. The van der Waals surface area contributed by atoms with E-state index in [0.29, 0.717) is 18.8 Å². The Morgan fingerprint density at radius 1 is 0.800 bits per heavy atom. The van der Waals surface area contributed by atoms with Crippen LogP contribution in [0.4, 0.5) is 17.1 Å². The van der Waals surface area contributed by atoms with Gasteiger partial charge in [-0.15, -0.1) is 0 Å². The summed E-state index contributed by atoms with van der Waals surface area (Å²) in [5, 5.41) is 14.0. The maximum Gasteiger partial charge on any atom is 0.265 e. The minimum absolute atomic E-state index is 0.126. The SMILES string of the molecule is [C-]#[N+]/C(C#N)=C1C=C(/C=C/c2ccc(N(c3ccc4ccccc4c3)c3cccc4ccccc34)cc2)OCC\1. The van der Waals surface area contributed by atoms with Crippen LogP contribution < -0.4 is 4.90 Å². The van der Waals surface area contributed by atoms with Gasteiger partial charge in [-0.25, -0.2) is 10.1 Å². The summed E-state index contributed by atoms with van der Waals surface area (Å²) >= 11 is 0. The molecule has 0 spiro atoms. The lowest BCUT2D eigenvalue weighted by Gasteiger charge is -2.27. The van der Waals surface area contributed by atoms with E-state index in [1.54, 1.807) is 6.08 Å². The number of hydrogen-bond donors (Lipinski definition) is 0. The molecular weight excluding hydrogens is 490 g/mol. The van der Waals surface area contributed by atoms with Crippen molar-refractivity contribution in [2.75, 3.05) is 11.5 Å². The number of benzene rings is 5. The molecule has 0 aliphatic carbocycles. The van der Waals surface area contributed by atoms with E-state index >= 15 is 0 Å². The standard InChI is InChI=1S/C36H25N3O/c1-38-35(25-37)30-21-22-40-33(24-30)20-15-26-13-17-31(18-14-26)39(32-19-16-27-7-2-3-9-29(27)23-32)36-12-6-10-28-8-4-5-11-34(28)36/h2-20,23-24H,21-22H2/b20-15+,35-30-. The zero-order valence-electron chi connectivity index (χ0n) is 21.8. The van der Waals surface area contributed by atoms with Crippen molar-refractivity contribution in [3.8, 4) is 6.07 Å². The number of allylic oxidation sites excluding steroid dienone is 3. The fourth-order valence-electron chi connectivity index (χ4n) is 5.08. The molecule has 5 aromatic carbocycles. The molecule has 6 rings (SSSR count). The Morgan fingerprint density at radius 3 is 2.33 bits per heavy atom. The van der Waals surface area contributed by atoms with Crippen LogP contribution in [0.5, 0.6) is 0 Å². The Bertz CT molecular complexity index is 1880. The molecule has 0 radical (unpaired) electrons. The van der Waals surface area contributed by atoms with Crippen molar-refractivity contribution in [1.82, 2.24) is 0 Å². The molecule has 0 fully saturated rings. The molecule has 4 nitrogen and oxygen atoms in total. The molecule has 1 aliphatic rings. The van der Waals surface area contributed by atoms with E-state index in [0.717, 1.165) is 28.2 Å². The molecule has 0 saturated carbocycles. The largest absolute Gasteiger partial charge is 0.493 e. The first-order chi connectivity index (χ1) is 19.7. The molecule has 0 atom stereocenters. The summed E-state index contributed by atoms with van der Waals surface area (Å²) in [6.07, 6.45) is 6.22. The Kier molecular flexibility index (Phi) is 6.82. The van der Waals surface area contributed by atoms with Gasteiger partial charge >= 0.3 is 0 Å². The second-order valence-electron chi connectivity index (χ2n) is 9.53. The van der Waals surface area contributed by atoms with Crippen molar-refractivity contribution in [2.45, 2.75) is 6.42 Å². The topological polar surface area (TPSA) is 40.6 Å². The van der Waals surface area contributed by atoms with Crippen LogP contribution in [0.1, 0.15) is 12.0 Å². The predicted octanol–water partition coefficient (Wildman–Crippen LogP) is 9.48. The highest BCUT2D eigenvalue weighted by Gasteiger charge is 2.16. The molecule has 0 unspecified atom stereocenters. The highest BCUT2D eigenvalue weighted by molar-refractivity contribution is 6.00. The molecule has 0 bridgehead atoms. The van der Waals surface area contributed by atoms with Gasteiger partial charge in [0.1, 0.15) is 5.76 Å². The molecule has 1 heterocycles. The maximum absolute atomic E-state index is 9.20. The van der Waals surface area contributed by atoms with Crippen LogP contribution >= 0.6 is 0 Å². The molecule has 40 heavy (non-hydrogen) atoms. The summed E-state index contributed by atoms with van der Waals surface area (Å²) in [6, 6.07) is 40.3. The van der Waals surface area contributed by atoms with Gasteiger partial charge in [-0.2, -0.15) is 0 Å². The van der Waals surface area contributed by atoms with Crippen LogP contribution in [0.2, 0.25) is 0 Å². The molecule has 0 aromatic heterocycles. The fourth-order valence-corrected chi connectivity index (χ4v) is 5.08. The summed E-state index contributed by atoms with van der Waals surface area (Å²) in [7, 11) is 0. The molecular formula is C36H25N3O. The summed E-state index contributed by atoms with van der Waals surface area (Å²) in [4.78, 5) is 5.64. The maximum atomic E-state index is 9.20. The molecule has 0 saturated heterocycles. The molecule has 1 aliphatic heterocycles. The zero-order valence-corrected chi connectivity index (χ0v) is 21.8. The first-order valence-electron chi connectivity index (χ1n) is 13.1. The van der Waals surface area contributed by atoms with Crippen molar-refractivity contribution in [1.29, 1.82) is 5.26 Å². The predicted molar refractivity (Wildman–Crippen MR) is 163 cm³/mol. The lowest BCUT2D eigenvalue weighted by molar-refractivity contribution is 0.219. The molecule has 5 aromatic rings. The summed E-state index contributed by atoms with van der Waals surface area (Å²) in [5.41, 5.74) is 5.13. The highest BCUT2D eigenvalue weighted by Crippen LogP contribution is 2.40. The lowest BCUT2D eigenvalue weighted by atomic mass is 10.0. The molecule has 4 heteroatoms. The number of hydrogen-bond acceptors (Lipinski definition) is 3. The van der Waals surface area contributed by atoms with E-state index in [2.05, 4.69) is 119 Å². The van der Waals surface area contributed by atoms with E-state index in [1.807, 2.05) is 18.2 Å². The van der Waals surface area contributed by atoms with Gasteiger partial charge < -0.3 is 9.64 Å². The average molecular weight is 516 g/mol. The zero-order chi connectivity index (χ0) is 27.3. The number of fused-ring (bicyclic) bond motifs is 2. The van der Waals surface area contributed by atoms with Crippen LogP contribution in [0.25, 0.3) is 32.5 Å². The van der Waals surface area contributed by atoms with Crippen LogP contribution in [0.15, 0.2) is 138 Å². The lowest BCUT2D eigenvalue weighted by Crippen LogP contribution is -2.10. The second kappa shape index (κ2) is 11.0. The van der Waals surface area contributed by atoms with Gasteiger partial charge in [0.2, 0.25) is 0 Å². The minimum atomic E-state index is 0.126. The third-order valence-corrected chi connectivity index (χ3v) is 7.07. The van der Waals surface area contributed by atoms with Crippen LogP contribution in [0.3, 0.4) is 0 Å². The van der Waals surface area contributed by atoms with Crippen LogP contribution in [-0.2, 0) is 4.74 Å². The normalized spacial score (nSPS) is 14.3. The molecule has 0 N–H and O–H groups in total. The van der Waals surface area contributed by atoms with Crippen molar-refractivity contribution < 1.29 is 4.74 Å². The average Bonchev–Trinajstić information content (AvgIpc) is 3.02. The fraction of sp³-hybridized carbons (Fsp3) is 0.0556. The third-order valence-electron chi connectivity index (χ3n) is 7.07. The third kappa shape index (κ3) is 4.95. The quantitative estimate of drug-likeness (QED) is 0.173. The Balaban J connectivity index is 1.38. The van der Waals surface area contributed by atoms with Gasteiger partial charge in [0.25, 0.3) is 5.70 Å². The van der Waals surface area contributed by atoms with Crippen molar-refractivity contribution in [2.24, 2.45) is 0 Å². The van der Waals surface area contributed by atoms with E-state index in [1.165, 1.54) is 21.5 Å². The van der Waals surface area contributed by atoms with Gasteiger partial charge in [0.15, 0.2) is 0 Å². The van der Waals surface area contributed by atoms with Crippen LogP contribution in [-0.4, -0.2) is 6.61 Å². The summed E-state index contributed by atoms with van der Waals surface area (Å²) in [5.74, 6) is 0.648. The number of ether oxygens (including phenoxy) is 1. The first-order valence-corrected chi connectivity index (χ1v) is 13.1. The second-order valence-corrected chi connectivity index (χ2v) is 9.53. The van der Waals surface area contributed by atoms with Gasteiger partial charge in [-0.3, -0.25) is 0 Å². The number of rotatable bonds is 5. The van der Waals surface area contributed by atoms with Gasteiger partial charge in [0, 0.05) is 16.8 Å². The minimum Gasteiger partial charge on any atom is -0.493 e. The molecule has 190 valence electrons. The summed E-state index contributed by atoms with van der Waals surface area (Å²) < 4.78 is 5.74. The Labute approximate surface area is 233 Å². The highest BCUT2D eigenvalue weighted by atomic mass is 16.5. The number of nitriles is 1. The Hall–Kier alpha value is -5.58. The van der Waals surface area contributed by atoms with Crippen molar-refractivity contribution in [3.05, 3.63) is 155 Å².